The Kier molecular flexibility index (Phi) is 6.75. The SMILES string of the molecule is CCCCCO[PH3+]. The number of unbranched alkanes of at least 4 members (excludes halogenated alkanes) is 2. The van der Waals surface area contributed by atoms with E-state index in [4.69, 9.17) is 4.52 Å². The van der Waals surface area contributed by atoms with Gasteiger partial charge in [-0.25, -0.2) is 4.52 Å². The third-order valence-corrected chi connectivity index (χ3v) is 1.18. The molecular formula is C5H14OP+. The number of hydrogen-bond donors (Lipinski definition) is 0. The normalized spacial score (nSPS) is 9.86. The summed E-state index contributed by atoms with van der Waals surface area (Å²) in [5.41, 5.74) is 0. The molecule has 0 N–H and O–H groups in total. The quantitative estimate of drug-likeness (QED) is 0.406. The second-order valence-electron chi connectivity index (χ2n) is 1.62. The smallest absolute Gasteiger partial charge is 0.107 e. The third kappa shape index (κ3) is 6.39. The van der Waals surface area contributed by atoms with E-state index in [1.807, 2.05) is 0 Å². The highest BCUT2D eigenvalue weighted by Gasteiger charge is 1.82. The molecule has 0 aromatic carbocycles. The minimum Gasteiger partial charge on any atom is -0.246 e. The highest BCUT2D eigenvalue weighted by Crippen LogP contribution is 1.95. The first-order valence-electron chi connectivity index (χ1n) is 2.78. The van der Waals surface area contributed by atoms with Gasteiger partial charge in [0.1, 0.15) is 9.47 Å². The molecule has 0 fully saturated rings. The Balaban J connectivity index is 2.45. The Morgan fingerprint density at radius 3 is 2.57 bits per heavy atom. The summed E-state index contributed by atoms with van der Waals surface area (Å²) in [5.74, 6) is 0. The monoisotopic (exact) mass is 121 g/mol. The molecular weight excluding hydrogens is 107 g/mol. The van der Waals surface area contributed by atoms with Gasteiger partial charge in [0.2, 0.25) is 0 Å². The molecule has 0 aliphatic heterocycles. The van der Waals surface area contributed by atoms with E-state index in [2.05, 4.69) is 6.92 Å². The fraction of sp³-hybridized carbons (Fsp3) is 1.00. The van der Waals surface area contributed by atoms with Gasteiger partial charge in [0, 0.05) is 0 Å². The lowest BCUT2D eigenvalue weighted by Gasteiger charge is -1.89. The van der Waals surface area contributed by atoms with Crippen LogP contribution in [0.1, 0.15) is 26.2 Å². The molecule has 0 aromatic rings. The van der Waals surface area contributed by atoms with Crippen molar-refractivity contribution in [1.82, 2.24) is 0 Å². The summed E-state index contributed by atoms with van der Waals surface area (Å²) in [6.07, 6.45) is 3.81. The maximum Gasteiger partial charge on any atom is 0.107 e. The van der Waals surface area contributed by atoms with Gasteiger partial charge in [0.15, 0.2) is 0 Å². The van der Waals surface area contributed by atoms with Crippen molar-refractivity contribution >= 4 is 9.47 Å². The summed E-state index contributed by atoms with van der Waals surface area (Å²) in [6, 6.07) is 0. The first kappa shape index (κ1) is 7.39. The Hall–Kier alpha value is 0.390. The van der Waals surface area contributed by atoms with Gasteiger partial charge < -0.3 is 0 Å². The lowest BCUT2D eigenvalue weighted by atomic mass is 10.3. The van der Waals surface area contributed by atoms with Gasteiger partial charge in [-0.2, -0.15) is 0 Å². The largest absolute Gasteiger partial charge is 0.246 e. The van der Waals surface area contributed by atoms with Gasteiger partial charge in [-0.15, -0.1) is 0 Å². The van der Waals surface area contributed by atoms with E-state index >= 15 is 0 Å². The molecule has 1 atom stereocenters. The highest BCUT2D eigenvalue weighted by molar-refractivity contribution is 7.09. The summed E-state index contributed by atoms with van der Waals surface area (Å²) in [7, 11) is 1.58. The molecule has 0 aliphatic rings. The molecule has 0 aromatic heterocycles. The summed E-state index contributed by atoms with van der Waals surface area (Å²) in [6.45, 7) is 3.13. The average molecular weight is 121 g/mol. The van der Waals surface area contributed by atoms with Crippen LogP contribution in [0.15, 0.2) is 0 Å². The van der Waals surface area contributed by atoms with E-state index in [1.165, 1.54) is 19.3 Å². The summed E-state index contributed by atoms with van der Waals surface area (Å²) >= 11 is 0. The van der Waals surface area contributed by atoms with Crippen molar-refractivity contribution in [2.24, 2.45) is 0 Å². The molecule has 7 heavy (non-hydrogen) atoms. The topological polar surface area (TPSA) is 9.23 Å². The second kappa shape index (κ2) is 6.39. The van der Waals surface area contributed by atoms with Crippen LogP contribution in [0.5, 0.6) is 0 Å². The van der Waals surface area contributed by atoms with Crippen LogP contribution in [0.25, 0.3) is 0 Å². The van der Waals surface area contributed by atoms with Gasteiger partial charge in [0.05, 0.1) is 6.61 Å². The van der Waals surface area contributed by atoms with E-state index in [-0.39, 0.29) is 0 Å². The van der Waals surface area contributed by atoms with Gasteiger partial charge in [0.25, 0.3) is 0 Å². The fourth-order valence-electron chi connectivity index (χ4n) is 0.454. The second-order valence-corrected chi connectivity index (χ2v) is 2.02. The molecule has 0 aliphatic carbocycles. The van der Waals surface area contributed by atoms with Gasteiger partial charge in [-0.3, -0.25) is 0 Å². The molecule has 0 rings (SSSR count). The Morgan fingerprint density at radius 1 is 1.43 bits per heavy atom. The maximum atomic E-state index is 4.87. The molecule has 0 spiro atoms. The number of hydrogen-bond acceptors (Lipinski definition) is 1. The van der Waals surface area contributed by atoms with E-state index in [0.717, 1.165) is 6.61 Å². The van der Waals surface area contributed by atoms with Crippen LogP contribution in [0.4, 0.5) is 0 Å². The van der Waals surface area contributed by atoms with E-state index in [0.29, 0.717) is 0 Å². The van der Waals surface area contributed by atoms with Crippen molar-refractivity contribution in [2.45, 2.75) is 26.2 Å². The Bertz CT molecular complexity index is 27.3. The number of rotatable bonds is 4. The van der Waals surface area contributed by atoms with Crippen LogP contribution in [0.3, 0.4) is 0 Å². The van der Waals surface area contributed by atoms with Crippen molar-refractivity contribution in [3.8, 4) is 0 Å². The van der Waals surface area contributed by atoms with Crippen LogP contribution in [0, 0.1) is 0 Å². The van der Waals surface area contributed by atoms with Crippen molar-refractivity contribution in [1.29, 1.82) is 0 Å². The van der Waals surface area contributed by atoms with Gasteiger partial charge in [-0.05, 0) is 6.42 Å². The Morgan fingerprint density at radius 2 is 2.14 bits per heavy atom. The minimum atomic E-state index is 0.937. The van der Waals surface area contributed by atoms with Crippen molar-refractivity contribution in [3.63, 3.8) is 0 Å². The standard InChI is InChI=1S/C5H14OP/c1-2-3-4-5-6-7/h2-5H2,1,7H3/q+1. The molecule has 2 heteroatoms. The first-order chi connectivity index (χ1) is 3.41. The molecule has 0 saturated carbocycles. The first-order valence-corrected chi connectivity index (χ1v) is 3.36. The van der Waals surface area contributed by atoms with Crippen LogP contribution in [-0.4, -0.2) is 6.61 Å². The molecule has 1 nitrogen and oxygen atoms in total. The molecule has 0 heterocycles. The third-order valence-electron chi connectivity index (χ3n) is 0.892. The molecule has 1 unspecified atom stereocenters. The highest BCUT2D eigenvalue weighted by atomic mass is 31.0. The maximum absolute atomic E-state index is 4.87. The van der Waals surface area contributed by atoms with Crippen molar-refractivity contribution in [2.75, 3.05) is 6.61 Å². The molecule has 44 valence electrons. The zero-order valence-corrected chi connectivity index (χ0v) is 6.36. The lowest BCUT2D eigenvalue weighted by molar-refractivity contribution is 0.356. The van der Waals surface area contributed by atoms with Crippen LogP contribution >= 0.6 is 9.47 Å². The van der Waals surface area contributed by atoms with E-state index < -0.39 is 0 Å². The summed E-state index contributed by atoms with van der Waals surface area (Å²) in [4.78, 5) is 0. The van der Waals surface area contributed by atoms with Crippen LogP contribution in [0.2, 0.25) is 0 Å². The Labute approximate surface area is 47.7 Å². The average Bonchev–Trinajstić information content (AvgIpc) is 1.69. The van der Waals surface area contributed by atoms with Crippen LogP contribution < -0.4 is 0 Å². The predicted octanol–water partition coefficient (Wildman–Crippen LogP) is 1.72. The van der Waals surface area contributed by atoms with Crippen molar-refractivity contribution in [3.05, 3.63) is 0 Å². The van der Waals surface area contributed by atoms with Crippen LogP contribution in [-0.2, 0) is 4.52 Å². The zero-order chi connectivity index (χ0) is 5.54. The molecule has 0 bridgehead atoms. The predicted molar refractivity (Wildman–Crippen MR) is 36.6 cm³/mol. The van der Waals surface area contributed by atoms with Crippen molar-refractivity contribution < 1.29 is 4.52 Å². The van der Waals surface area contributed by atoms with Gasteiger partial charge >= 0.3 is 0 Å². The van der Waals surface area contributed by atoms with E-state index in [9.17, 15) is 0 Å². The lowest BCUT2D eigenvalue weighted by Crippen LogP contribution is -1.80. The van der Waals surface area contributed by atoms with E-state index in [1.54, 1.807) is 9.47 Å². The molecule has 0 radical (unpaired) electrons. The minimum absolute atomic E-state index is 0.937. The molecule has 0 saturated heterocycles. The summed E-state index contributed by atoms with van der Waals surface area (Å²) in [5, 5.41) is 0. The molecule has 0 amide bonds. The zero-order valence-electron chi connectivity index (χ0n) is 4.94. The summed E-state index contributed by atoms with van der Waals surface area (Å²) < 4.78 is 4.87. The van der Waals surface area contributed by atoms with Gasteiger partial charge in [-0.1, -0.05) is 19.8 Å². The fourth-order valence-corrected chi connectivity index (χ4v) is 0.658.